The highest BCUT2D eigenvalue weighted by molar-refractivity contribution is 7.98. The van der Waals surface area contributed by atoms with Crippen molar-refractivity contribution in [3.8, 4) is 6.07 Å². The first kappa shape index (κ1) is 17.4. The minimum absolute atomic E-state index is 0.670. The van der Waals surface area contributed by atoms with Crippen LogP contribution in [0.3, 0.4) is 0 Å². The summed E-state index contributed by atoms with van der Waals surface area (Å²) in [5.41, 5.74) is 3.15. The Morgan fingerprint density at radius 3 is 2.62 bits per heavy atom. The van der Waals surface area contributed by atoms with Gasteiger partial charge in [0.1, 0.15) is 11.1 Å². The van der Waals surface area contributed by atoms with E-state index in [9.17, 15) is 0 Å². The maximum absolute atomic E-state index is 9.12. The summed E-state index contributed by atoms with van der Waals surface area (Å²) in [6.45, 7) is 6.36. The van der Waals surface area contributed by atoms with Crippen molar-refractivity contribution >= 4 is 23.1 Å². The molecule has 2 aromatic heterocycles. The van der Waals surface area contributed by atoms with Gasteiger partial charge in [-0.1, -0.05) is 0 Å². The molecule has 0 aliphatic carbocycles. The molecule has 0 atom stereocenters. The fraction of sp³-hybridized carbons (Fsp3) is 0.444. The van der Waals surface area contributed by atoms with Gasteiger partial charge in [-0.15, -0.1) is 11.8 Å². The minimum Gasteiger partial charge on any atom is -0.298 e. The monoisotopic (exact) mass is 358 g/mol. The second kappa shape index (κ2) is 8.63. The van der Waals surface area contributed by atoms with Crippen LogP contribution in [0.25, 0.3) is 0 Å². The molecule has 0 radical (unpaired) electrons. The lowest BCUT2D eigenvalue weighted by Gasteiger charge is -2.21. The van der Waals surface area contributed by atoms with Crippen LogP contribution >= 0.6 is 23.1 Å². The first-order chi connectivity index (χ1) is 11.8. The topological polar surface area (TPSA) is 43.2 Å². The second-order valence-electron chi connectivity index (χ2n) is 6.01. The van der Waals surface area contributed by atoms with E-state index in [-0.39, 0.29) is 0 Å². The van der Waals surface area contributed by atoms with Crippen LogP contribution in [0.1, 0.15) is 23.2 Å². The van der Waals surface area contributed by atoms with Crippen molar-refractivity contribution < 1.29 is 0 Å². The lowest BCUT2D eigenvalue weighted by atomic mass is 10.2. The third-order valence-corrected chi connectivity index (χ3v) is 5.71. The highest BCUT2D eigenvalue weighted by Gasteiger charge is 2.16. The molecular formula is C18H22N4S2. The van der Waals surface area contributed by atoms with E-state index >= 15 is 0 Å². The van der Waals surface area contributed by atoms with Crippen molar-refractivity contribution in [1.82, 2.24) is 14.8 Å². The molecule has 126 valence electrons. The van der Waals surface area contributed by atoms with Gasteiger partial charge in [0.2, 0.25) is 0 Å². The molecule has 24 heavy (non-hydrogen) atoms. The van der Waals surface area contributed by atoms with Crippen molar-refractivity contribution in [2.45, 2.75) is 24.5 Å². The fourth-order valence-corrected chi connectivity index (χ4v) is 4.22. The number of nitrogens with zero attached hydrogens (tertiary/aromatic N) is 4. The van der Waals surface area contributed by atoms with Gasteiger partial charge < -0.3 is 0 Å². The standard InChI is InChI=1S/C18H22N4S2/c1-23-18-16(11-19)3-4-17(20-18)13-22-7-2-6-21(8-9-22)12-15-5-10-24-14-15/h3-5,10,14H,2,6-9,12-13H2,1H3. The number of hydrogen-bond acceptors (Lipinski definition) is 6. The van der Waals surface area contributed by atoms with E-state index < -0.39 is 0 Å². The second-order valence-corrected chi connectivity index (χ2v) is 7.58. The average Bonchev–Trinajstić information content (AvgIpc) is 3.02. The van der Waals surface area contributed by atoms with Gasteiger partial charge in [0, 0.05) is 26.2 Å². The summed E-state index contributed by atoms with van der Waals surface area (Å²) in [7, 11) is 0. The molecule has 1 aliphatic rings. The van der Waals surface area contributed by atoms with Gasteiger partial charge in [-0.05, 0) is 60.3 Å². The Labute approximate surface area is 152 Å². The van der Waals surface area contributed by atoms with Crippen LogP contribution in [0.2, 0.25) is 0 Å². The Bertz CT molecular complexity index is 694. The van der Waals surface area contributed by atoms with E-state index in [1.165, 1.54) is 12.0 Å². The molecule has 0 saturated carbocycles. The van der Waals surface area contributed by atoms with E-state index in [1.54, 1.807) is 23.1 Å². The first-order valence-electron chi connectivity index (χ1n) is 8.18. The summed E-state index contributed by atoms with van der Waals surface area (Å²) in [5.74, 6) is 0. The van der Waals surface area contributed by atoms with Crippen molar-refractivity contribution in [3.05, 3.63) is 45.8 Å². The molecule has 3 rings (SSSR count). The van der Waals surface area contributed by atoms with Crippen LogP contribution in [0.15, 0.2) is 34.0 Å². The molecule has 3 heterocycles. The molecule has 1 fully saturated rings. The quantitative estimate of drug-likeness (QED) is 0.766. The van der Waals surface area contributed by atoms with Crippen LogP contribution in [-0.4, -0.2) is 47.2 Å². The Morgan fingerprint density at radius 1 is 1.17 bits per heavy atom. The lowest BCUT2D eigenvalue weighted by molar-refractivity contribution is 0.245. The van der Waals surface area contributed by atoms with E-state index in [1.807, 2.05) is 18.4 Å². The van der Waals surface area contributed by atoms with Crippen LogP contribution in [-0.2, 0) is 13.1 Å². The molecule has 0 unspecified atom stereocenters. The largest absolute Gasteiger partial charge is 0.298 e. The maximum atomic E-state index is 9.12. The predicted octanol–water partition coefficient (Wildman–Crippen LogP) is 3.44. The summed E-state index contributed by atoms with van der Waals surface area (Å²) in [4.78, 5) is 9.67. The molecule has 2 aromatic rings. The molecule has 4 nitrogen and oxygen atoms in total. The molecule has 0 N–H and O–H groups in total. The number of aromatic nitrogens is 1. The number of rotatable bonds is 5. The fourth-order valence-electron chi connectivity index (χ4n) is 3.02. The third kappa shape index (κ3) is 4.58. The van der Waals surface area contributed by atoms with Gasteiger partial charge in [-0.3, -0.25) is 9.80 Å². The zero-order valence-corrected chi connectivity index (χ0v) is 15.6. The lowest BCUT2D eigenvalue weighted by Crippen LogP contribution is -2.30. The van der Waals surface area contributed by atoms with Crippen LogP contribution < -0.4 is 0 Å². The summed E-state index contributed by atoms with van der Waals surface area (Å²) in [6.07, 6.45) is 3.16. The summed E-state index contributed by atoms with van der Waals surface area (Å²) < 4.78 is 0. The average molecular weight is 359 g/mol. The number of nitriles is 1. The van der Waals surface area contributed by atoms with Gasteiger partial charge in [-0.25, -0.2) is 4.98 Å². The Balaban J connectivity index is 1.57. The first-order valence-corrected chi connectivity index (χ1v) is 10.3. The molecular weight excluding hydrogens is 336 g/mol. The minimum atomic E-state index is 0.670. The molecule has 1 aliphatic heterocycles. The van der Waals surface area contributed by atoms with Gasteiger partial charge >= 0.3 is 0 Å². The van der Waals surface area contributed by atoms with Crippen LogP contribution in [0, 0.1) is 11.3 Å². The SMILES string of the molecule is CSc1nc(CN2CCCN(Cc3ccsc3)CC2)ccc1C#N. The highest BCUT2D eigenvalue weighted by atomic mass is 32.2. The van der Waals surface area contributed by atoms with Gasteiger partial charge in [-0.2, -0.15) is 16.6 Å². The summed E-state index contributed by atoms with van der Waals surface area (Å²) >= 11 is 3.32. The zero-order valence-electron chi connectivity index (χ0n) is 13.9. The van der Waals surface area contributed by atoms with Crippen molar-refractivity contribution in [3.63, 3.8) is 0 Å². The summed E-state index contributed by atoms with van der Waals surface area (Å²) in [6, 6.07) is 8.32. The van der Waals surface area contributed by atoms with Crippen molar-refractivity contribution in [1.29, 1.82) is 5.26 Å². The Hall–Kier alpha value is -1.39. The maximum Gasteiger partial charge on any atom is 0.114 e. The molecule has 0 amide bonds. The summed E-state index contributed by atoms with van der Waals surface area (Å²) in [5, 5.41) is 14.3. The molecule has 0 aromatic carbocycles. The van der Waals surface area contributed by atoms with Gasteiger partial charge in [0.05, 0.1) is 11.3 Å². The van der Waals surface area contributed by atoms with E-state index in [4.69, 9.17) is 5.26 Å². The van der Waals surface area contributed by atoms with Gasteiger partial charge in [0.25, 0.3) is 0 Å². The molecule has 1 saturated heterocycles. The zero-order chi connectivity index (χ0) is 16.8. The Kier molecular flexibility index (Phi) is 6.27. The molecule has 0 spiro atoms. The van der Waals surface area contributed by atoms with Crippen LogP contribution in [0.5, 0.6) is 0 Å². The van der Waals surface area contributed by atoms with E-state index in [0.29, 0.717) is 5.56 Å². The van der Waals surface area contributed by atoms with Crippen molar-refractivity contribution in [2.24, 2.45) is 0 Å². The Morgan fingerprint density at radius 2 is 1.96 bits per heavy atom. The number of thiophene rings is 1. The van der Waals surface area contributed by atoms with E-state index in [0.717, 1.165) is 50.0 Å². The predicted molar refractivity (Wildman–Crippen MR) is 100 cm³/mol. The highest BCUT2D eigenvalue weighted by Crippen LogP contribution is 2.19. The third-order valence-electron chi connectivity index (χ3n) is 4.28. The van der Waals surface area contributed by atoms with Crippen LogP contribution in [0.4, 0.5) is 0 Å². The number of hydrogen-bond donors (Lipinski definition) is 0. The smallest absolute Gasteiger partial charge is 0.114 e. The molecule has 0 bridgehead atoms. The molecule has 6 heteroatoms. The number of thioether (sulfide) groups is 1. The van der Waals surface area contributed by atoms with E-state index in [2.05, 4.69) is 37.7 Å². The van der Waals surface area contributed by atoms with Gasteiger partial charge in [0.15, 0.2) is 0 Å². The van der Waals surface area contributed by atoms with Crippen molar-refractivity contribution in [2.75, 3.05) is 32.4 Å². The number of pyridine rings is 1. The normalized spacial score (nSPS) is 16.7.